The number of ether oxygens (including phenoxy) is 1. The van der Waals surface area contributed by atoms with Gasteiger partial charge in [-0.15, -0.1) is 0 Å². The number of nitrogens with two attached hydrogens (primary N) is 1. The molecule has 6 nitrogen and oxygen atoms in total. The first kappa shape index (κ1) is 14.6. The van der Waals surface area contributed by atoms with E-state index >= 15 is 0 Å². The Bertz CT molecular complexity index is 460. The second-order valence-corrected chi connectivity index (χ2v) is 4.30. The lowest BCUT2D eigenvalue weighted by atomic mass is 10.2. The van der Waals surface area contributed by atoms with Crippen LogP contribution < -0.4 is 11.1 Å². The Hall–Kier alpha value is -1.44. The summed E-state index contributed by atoms with van der Waals surface area (Å²) in [6.45, 7) is 0.0403. The van der Waals surface area contributed by atoms with Crippen LogP contribution in [0.25, 0.3) is 0 Å². The summed E-state index contributed by atoms with van der Waals surface area (Å²) in [5.74, 6) is -1.50. The molecule has 0 aliphatic carbocycles. The standard InChI is InChI=1S/C11H13BrN2O4/c1-18-9(5-13)10(15)14-8-4-6(11(16)17)2-3-7(8)12/h2-4,9H,5,13H2,1H3,(H,14,15)(H,16,17). The van der Waals surface area contributed by atoms with Crippen LogP contribution in [0.15, 0.2) is 22.7 Å². The smallest absolute Gasteiger partial charge is 0.335 e. The number of hydrogen-bond donors (Lipinski definition) is 3. The molecular formula is C11H13BrN2O4. The van der Waals surface area contributed by atoms with Gasteiger partial charge in [-0.1, -0.05) is 0 Å². The molecule has 0 saturated heterocycles. The van der Waals surface area contributed by atoms with Crippen molar-refractivity contribution in [1.82, 2.24) is 0 Å². The fraction of sp³-hybridized carbons (Fsp3) is 0.273. The molecule has 0 bridgehead atoms. The van der Waals surface area contributed by atoms with E-state index in [1.54, 1.807) is 6.07 Å². The van der Waals surface area contributed by atoms with Gasteiger partial charge in [-0.2, -0.15) is 0 Å². The van der Waals surface area contributed by atoms with Gasteiger partial charge in [0, 0.05) is 18.1 Å². The van der Waals surface area contributed by atoms with E-state index in [9.17, 15) is 9.59 Å². The van der Waals surface area contributed by atoms with Crippen molar-refractivity contribution in [3.8, 4) is 0 Å². The number of carbonyl (C=O) groups is 2. The van der Waals surface area contributed by atoms with Gasteiger partial charge in [0.05, 0.1) is 11.3 Å². The molecule has 0 heterocycles. The van der Waals surface area contributed by atoms with Crippen molar-refractivity contribution >= 4 is 33.5 Å². The molecular weight excluding hydrogens is 304 g/mol. The number of carbonyl (C=O) groups excluding carboxylic acids is 1. The number of nitrogens with one attached hydrogen (secondary N) is 1. The Morgan fingerprint density at radius 1 is 1.56 bits per heavy atom. The molecule has 0 saturated carbocycles. The molecule has 1 unspecified atom stereocenters. The highest BCUT2D eigenvalue weighted by Crippen LogP contribution is 2.24. The Kier molecular flexibility index (Phi) is 5.26. The lowest BCUT2D eigenvalue weighted by Gasteiger charge is -2.14. The van der Waals surface area contributed by atoms with E-state index in [0.29, 0.717) is 10.2 Å². The average Bonchev–Trinajstić information content (AvgIpc) is 2.33. The summed E-state index contributed by atoms with van der Waals surface area (Å²) in [6, 6.07) is 4.33. The highest BCUT2D eigenvalue weighted by molar-refractivity contribution is 9.10. The minimum absolute atomic E-state index is 0.0403. The maximum absolute atomic E-state index is 11.7. The van der Waals surface area contributed by atoms with Crippen LogP contribution in [0.3, 0.4) is 0 Å². The molecule has 1 aromatic rings. The third-order valence-corrected chi connectivity index (χ3v) is 2.95. The first-order valence-electron chi connectivity index (χ1n) is 5.06. The van der Waals surface area contributed by atoms with Gasteiger partial charge in [-0.25, -0.2) is 4.79 Å². The average molecular weight is 317 g/mol. The highest BCUT2D eigenvalue weighted by Gasteiger charge is 2.17. The van der Waals surface area contributed by atoms with E-state index < -0.39 is 18.0 Å². The van der Waals surface area contributed by atoms with E-state index in [-0.39, 0.29) is 12.1 Å². The van der Waals surface area contributed by atoms with Crippen molar-refractivity contribution < 1.29 is 19.4 Å². The number of rotatable bonds is 5. The van der Waals surface area contributed by atoms with Crippen LogP contribution in [-0.2, 0) is 9.53 Å². The predicted octanol–water partition coefficient (Wildman–Crippen LogP) is 1.06. The maximum atomic E-state index is 11.7. The van der Waals surface area contributed by atoms with Crippen molar-refractivity contribution in [2.45, 2.75) is 6.10 Å². The molecule has 0 aliphatic rings. The minimum atomic E-state index is -1.07. The van der Waals surface area contributed by atoms with Crippen LogP contribution in [0.4, 0.5) is 5.69 Å². The molecule has 0 aromatic heterocycles. The second-order valence-electron chi connectivity index (χ2n) is 3.45. The van der Waals surface area contributed by atoms with Gasteiger partial charge in [-0.05, 0) is 34.1 Å². The zero-order valence-electron chi connectivity index (χ0n) is 9.64. The topological polar surface area (TPSA) is 102 Å². The van der Waals surface area contributed by atoms with Gasteiger partial charge in [0.1, 0.15) is 6.10 Å². The van der Waals surface area contributed by atoms with Crippen molar-refractivity contribution in [1.29, 1.82) is 0 Å². The van der Waals surface area contributed by atoms with Gasteiger partial charge in [-0.3, -0.25) is 4.79 Å². The SMILES string of the molecule is COC(CN)C(=O)Nc1cc(C(=O)O)ccc1Br. The quantitative estimate of drug-likeness (QED) is 0.754. The summed E-state index contributed by atoms with van der Waals surface area (Å²) < 4.78 is 5.46. The first-order valence-corrected chi connectivity index (χ1v) is 5.85. The minimum Gasteiger partial charge on any atom is -0.478 e. The monoisotopic (exact) mass is 316 g/mol. The molecule has 1 rings (SSSR count). The molecule has 1 amide bonds. The summed E-state index contributed by atoms with van der Waals surface area (Å²) in [6.07, 6.45) is -0.773. The summed E-state index contributed by atoms with van der Waals surface area (Å²) in [5.41, 5.74) is 5.80. The van der Waals surface area contributed by atoms with Gasteiger partial charge < -0.3 is 20.9 Å². The van der Waals surface area contributed by atoms with E-state index in [1.807, 2.05) is 0 Å². The molecule has 1 atom stereocenters. The van der Waals surface area contributed by atoms with E-state index in [0.717, 1.165) is 0 Å². The highest BCUT2D eigenvalue weighted by atomic mass is 79.9. The normalized spacial score (nSPS) is 11.9. The summed E-state index contributed by atoms with van der Waals surface area (Å²) in [5, 5.41) is 11.4. The van der Waals surface area contributed by atoms with Gasteiger partial charge in [0.25, 0.3) is 5.91 Å². The number of methoxy groups -OCH3 is 1. The van der Waals surface area contributed by atoms with Crippen molar-refractivity contribution in [3.63, 3.8) is 0 Å². The van der Waals surface area contributed by atoms with Crippen molar-refractivity contribution in [3.05, 3.63) is 28.2 Å². The number of carboxylic acids is 1. The summed E-state index contributed by atoms with van der Waals surface area (Å²) in [7, 11) is 1.37. The molecule has 98 valence electrons. The van der Waals surface area contributed by atoms with Crippen LogP contribution >= 0.6 is 15.9 Å². The van der Waals surface area contributed by atoms with E-state index in [4.69, 9.17) is 15.6 Å². The van der Waals surface area contributed by atoms with Crippen molar-refractivity contribution in [2.24, 2.45) is 5.73 Å². The van der Waals surface area contributed by atoms with Crippen LogP contribution in [0.1, 0.15) is 10.4 Å². The first-order chi connectivity index (χ1) is 8.49. The summed E-state index contributed by atoms with van der Waals surface area (Å²) >= 11 is 3.22. The maximum Gasteiger partial charge on any atom is 0.335 e. The van der Waals surface area contributed by atoms with Gasteiger partial charge >= 0.3 is 5.97 Å². The number of benzene rings is 1. The zero-order valence-corrected chi connectivity index (χ0v) is 11.2. The lowest BCUT2D eigenvalue weighted by molar-refractivity contribution is -0.125. The Balaban J connectivity index is 2.93. The number of carboxylic acid groups (broad SMARTS) is 1. The Morgan fingerprint density at radius 2 is 2.22 bits per heavy atom. The van der Waals surface area contributed by atoms with Crippen LogP contribution in [0.2, 0.25) is 0 Å². The molecule has 7 heteroatoms. The van der Waals surface area contributed by atoms with Gasteiger partial charge in [0.15, 0.2) is 0 Å². The second kappa shape index (κ2) is 6.48. The Morgan fingerprint density at radius 3 is 2.72 bits per heavy atom. The number of amides is 1. The fourth-order valence-electron chi connectivity index (χ4n) is 1.28. The Labute approximate surface area is 112 Å². The van der Waals surface area contributed by atoms with Crippen LogP contribution in [0, 0.1) is 0 Å². The fourth-order valence-corrected chi connectivity index (χ4v) is 1.62. The molecule has 18 heavy (non-hydrogen) atoms. The van der Waals surface area contributed by atoms with E-state index in [2.05, 4.69) is 21.2 Å². The summed E-state index contributed by atoms with van der Waals surface area (Å²) in [4.78, 5) is 22.5. The van der Waals surface area contributed by atoms with Crippen LogP contribution in [-0.4, -0.2) is 36.7 Å². The zero-order chi connectivity index (χ0) is 13.7. The number of aromatic carboxylic acids is 1. The largest absolute Gasteiger partial charge is 0.478 e. The molecule has 0 aliphatic heterocycles. The van der Waals surface area contributed by atoms with Crippen LogP contribution in [0.5, 0.6) is 0 Å². The number of hydrogen-bond acceptors (Lipinski definition) is 4. The third-order valence-electron chi connectivity index (χ3n) is 2.26. The predicted molar refractivity (Wildman–Crippen MR) is 69.6 cm³/mol. The molecule has 0 radical (unpaired) electrons. The number of halogens is 1. The third kappa shape index (κ3) is 3.52. The van der Waals surface area contributed by atoms with Gasteiger partial charge in [0.2, 0.25) is 0 Å². The molecule has 0 spiro atoms. The molecule has 0 fully saturated rings. The lowest BCUT2D eigenvalue weighted by Crippen LogP contribution is -2.36. The van der Waals surface area contributed by atoms with E-state index in [1.165, 1.54) is 19.2 Å². The molecule has 4 N–H and O–H groups in total. The number of anilines is 1. The van der Waals surface area contributed by atoms with Crippen molar-refractivity contribution in [2.75, 3.05) is 19.0 Å². The molecule has 1 aromatic carbocycles.